The van der Waals surface area contributed by atoms with Gasteiger partial charge in [-0.3, -0.25) is 0 Å². The molecule has 11 rings (SSSR count). The van der Waals surface area contributed by atoms with Crippen LogP contribution in [0.4, 0.5) is 17.1 Å². The smallest absolute Gasteiger partial charge is 0.159 e. The van der Waals surface area contributed by atoms with Crippen molar-refractivity contribution in [3.8, 4) is 33.4 Å². The fourth-order valence-electron chi connectivity index (χ4n) is 9.06. The predicted octanol–water partition coefficient (Wildman–Crippen LogP) is 13.1. The molecule has 2 aliphatic carbocycles. The first-order valence-electron chi connectivity index (χ1n) is 17.6. The maximum absolute atomic E-state index is 6.73. The van der Waals surface area contributed by atoms with Crippen LogP contribution in [0.3, 0.4) is 0 Å². The second-order valence-corrected chi connectivity index (χ2v) is 13.6. The molecule has 2 heteroatoms. The summed E-state index contributed by atoms with van der Waals surface area (Å²) in [5.41, 5.74) is 17.4. The third kappa shape index (κ3) is 3.82. The Kier molecular flexibility index (Phi) is 5.91. The van der Waals surface area contributed by atoms with Gasteiger partial charge in [0.1, 0.15) is 5.58 Å². The van der Waals surface area contributed by atoms with Crippen LogP contribution >= 0.6 is 0 Å². The summed E-state index contributed by atoms with van der Waals surface area (Å²) in [6.45, 7) is 0. The largest absolute Gasteiger partial charge is 0.454 e. The van der Waals surface area contributed by atoms with Crippen LogP contribution in [0.15, 0.2) is 192 Å². The molecule has 1 heterocycles. The molecule has 1 spiro atoms. The number of rotatable bonds is 4. The van der Waals surface area contributed by atoms with Crippen molar-refractivity contribution in [3.63, 3.8) is 0 Å². The summed E-state index contributed by atoms with van der Waals surface area (Å²) in [7, 11) is 0. The number of nitrogens with zero attached hydrogens (tertiary/aromatic N) is 1. The summed E-state index contributed by atoms with van der Waals surface area (Å²) in [5.74, 6) is 0. The van der Waals surface area contributed by atoms with Gasteiger partial charge in [-0.2, -0.15) is 0 Å². The van der Waals surface area contributed by atoms with E-state index >= 15 is 0 Å². The van der Waals surface area contributed by atoms with E-state index in [1.807, 2.05) is 6.07 Å². The molecule has 8 aromatic carbocycles. The number of furan rings is 1. The fourth-order valence-corrected chi connectivity index (χ4v) is 9.06. The zero-order chi connectivity index (χ0) is 33.5. The summed E-state index contributed by atoms with van der Waals surface area (Å²) in [6.07, 6.45) is 0. The van der Waals surface area contributed by atoms with Crippen LogP contribution < -0.4 is 4.90 Å². The lowest BCUT2D eigenvalue weighted by molar-refractivity contribution is 0.669. The van der Waals surface area contributed by atoms with Crippen molar-refractivity contribution in [1.82, 2.24) is 0 Å². The first-order chi connectivity index (χ1) is 25.3. The summed E-state index contributed by atoms with van der Waals surface area (Å²) in [4.78, 5) is 2.42. The first-order valence-corrected chi connectivity index (χ1v) is 17.6. The highest BCUT2D eigenvalue weighted by Crippen LogP contribution is 2.64. The van der Waals surface area contributed by atoms with Gasteiger partial charge in [-0.15, -0.1) is 0 Å². The van der Waals surface area contributed by atoms with E-state index < -0.39 is 5.41 Å². The van der Waals surface area contributed by atoms with Gasteiger partial charge in [0.2, 0.25) is 0 Å². The molecule has 51 heavy (non-hydrogen) atoms. The average molecular weight is 650 g/mol. The molecule has 0 N–H and O–H groups in total. The molecule has 0 fully saturated rings. The van der Waals surface area contributed by atoms with Gasteiger partial charge in [0.25, 0.3) is 0 Å². The van der Waals surface area contributed by atoms with E-state index in [1.54, 1.807) is 0 Å². The van der Waals surface area contributed by atoms with Gasteiger partial charge >= 0.3 is 0 Å². The highest BCUT2D eigenvalue weighted by molar-refractivity contribution is 6.11. The van der Waals surface area contributed by atoms with E-state index in [2.05, 4.69) is 187 Å². The molecule has 1 aromatic heterocycles. The zero-order valence-corrected chi connectivity index (χ0v) is 27.8. The van der Waals surface area contributed by atoms with Crippen LogP contribution in [0.25, 0.3) is 55.3 Å². The average Bonchev–Trinajstić information content (AvgIpc) is 3.84. The summed E-state index contributed by atoms with van der Waals surface area (Å²) in [6, 6.07) is 68.3. The van der Waals surface area contributed by atoms with Gasteiger partial charge in [0.05, 0.1) is 16.8 Å². The van der Waals surface area contributed by atoms with E-state index in [0.29, 0.717) is 0 Å². The number of para-hydroxylation sites is 2. The molecule has 0 radical (unpaired) electrons. The minimum Gasteiger partial charge on any atom is -0.454 e. The van der Waals surface area contributed by atoms with Crippen molar-refractivity contribution in [2.24, 2.45) is 0 Å². The fraction of sp³-hybridized carbons (Fsp3) is 0.0204. The molecule has 9 aromatic rings. The lowest BCUT2D eigenvalue weighted by Crippen LogP contribution is -2.26. The van der Waals surface area contributed by atoms with Crippen LogP contribution in [-0.2, 0) is 5.41 Å². The molecule has 0 amide bonds. The van der Waals surface area contributed by atoms with Crippen LogP contribution in [0.2, 0.25) is 0 Å². The van der Waals surface area contributed by atoms with Crippen molar-refractivity contribution < 1.29 is 4.42 Å². The Labute approximate surface area is 296 Å². The van der Waals surface area contributed by atoms with Gasteiger partial charge in [-0.25, -0.2) is 0 Å². The van der Waals surface area contributed by atoms with Crippen molar-refractivity contribution in [2.45, 2.75) is 5.41 Å². The van der Waals surface area contributed by atoms with E-state index in [4.69, 9.17) is 4.42 Å². The molecule has 238 valence electrons. The van der Waals surface area contributed by atoms with Gasteiger partial charge in [-0.1, -0.05) is 158 Å². The third-order valence-electron chi connectivity index (χ3n) is 11.1. The number of anilines is 3. The lowest BCUT2D eigenvalue weighted by Gasteiger charge is -2.31. The Morgan fingerprint density at radius 2 is 0.902 bits per heavy atom. The molecule has 0 bridgehead atoms. The minimum atomic E-state index is -0.427. The lowest BCUT2D eigenvalue weighted by atomic mass is 9.70. The standard InChI is InChI=1S/C49H31NO/c1-2-14-32(15-3-1)33-28-30-34(31-29-33)50(45-26-12-20-38-37-18-7-11-27-46(37)51-48(38)45)44-25-13-24-43-47(44)39-19-6-10-23-42(39)49(43)40-21-8-4-16-35(40)36-17-5-9-22-41(36)49/h1-31H. The van der Waals surface area contributed by atoms with E-state index in [-0.39, 0.29) is 0 Å². The number of hydrogen-bond donors (Lipinski definition) is 0. The summed E-state index contributed by atoms with van der Waals surface area (Å²) in [5, 5.41) is 2.23. The number of fused-ring (bicyclic) bond motifs is 13. The highest BCUT2D eigenvalue weighted by Gasteiger charge is 2.52. The summed E-state index contributed by atoms with van der Waals surface area (Å²) < 4.78 is 6.73. The summed E-state index contributed by atoms with van der Waals surface area (Å²) >= 11 is 0. The first kappa shape index (κ1) is 28.2. The molecule has 0 atom stereocenters. The Hall–Kier alpha value is -6.64. The molecular weight excluding hydrogens is 619 g/mol. The Morgan fingerprint density at radius 3 is 1.65 bits per heavy atom. The maximum Gasteiger partial charge on any atom is 0.159 e. The molecular formula is C49H31NO. The van der Waals surface area contributed by atoms with E-state index in [1.165, 1.54) is 55.6 Å². The Bertz CT molecular complexity index is 2760. The molecule has 2 aliphatic rings. The predicted molar refractivity (Wildman–Crippen MR) is 210 cm³/mol. The molecule has 0 aliphatic heterocycles. The SMILES string of the molecule is c1ccc(-c2ccc(N(c3cccc4c3-c3ccccc3C43c4ccccc4-c4ccccc43)c3cccc4c3oc3ccccc34)cc2)cc1. The molecule has 0 saturated heterocycles. The second kappa shape index (κ2) is 10.7. The normalized spacial score (nSPS) is 13.3. The maximum atomic E-state index is 6.73. The molecule has 0 unspecified atom stereocenters. The van der Waals surface area contributed by atoms with Crippen LogP contribution in [0.1, 0.15) is 22.3 Å². The van der Waals surface area contributed by atoms with Gasteiger partial charge in [0.15, 0.2) is 5.58 Å². The van der Waals surface area contributed by atoms with Crippen LogP contribution in [-0.4, -0.2) is 0 Å². The Morgan fingerprint density at radius 1 is 0.373 bits per heavy atom. The van der Waals surface area contributed by atoms with Crippen molar-refractivity contribution >= 4 is 39.0 Å². The topological polar surface area (TPSA) is 16.4 Å². The van der Waals surface area contributed by atoms with Crippen LogP contribution in [0.5, 0.6) is 0 Å². The number of benzene rings is 8. The van der Waals surface area contributed by atoms with Crippen molar-refractivity contribution in [3.05, 3.63) is 210 Å². The second-order valence-electron chi connectivity index (χ2n) is 13.6. The van der Waals surface area contributed by atoms with Gasteiger partial charge in [0, 0.05) is 22.0 Å². The van der Waals surface area contributed by atoms with E-state index in [0.717, 1.165) is 39.0 Å². The quantitative estimate of drug-likeness (QED) is 0.189. The number of hydrogen-bond acceptors (Lipinski definition) is 2. The molecule has 0 saturated carbocycles. The van der Waals surface area contributed by atoms with E-state index in [9.17, 15) is 0 Å². The zero-order valence-electron chi connectivity index (χ0n) is 27.8. The molecule has 2 nitrogen and oxygen atoms in total. The van der Waals surface area contributed by atoms with Gasteiger partial charge in [-0.05, 0) is 80.4 Å². The monoisotopic (exact) mass is 649 g/mol. The van der Waals surface area contributed by atoms with Gasteiger partial charge < -0.3 is 9.32 Å². The minimum absolute atomic E-state index is 0.427. The van der Waals surface area contributed by atoms with Crippen LogP contribution in [0, 0.1) is 0 Å². The highest BCUT2D eigenvalue weighted by atomic mass is 16.3. The van der Waals surface area contributed by atoms with Crippen molar-refractivity contribution in [1.29, 1.82) is 0 Å². The van der Waals surface area contributed by atoms with Crippen molar-refractivity contribution in [2.75, 3.05) is 4.90 Å². The Balaban J connectivity index is 1.22. The third-order valence-corrected chi connectivity index (χ3v) is 11.1.